The number of rotatable bonds is 4. The molecule has 5 aromatic rings. The highest BCUT2D eigenvalue weighted by molar-refractivity contribution is 7.91. The summed E-state index contributed by atoms with van der Waals surface area (Å²) in [6, 6.07) is 15.8. The molecule has 0 spiro atoms. The van der Waals surface area contributed by atoms with Crippen molar-refractivity contribution in [1.29, 1.82) is 0 Å². The Morgan fingerprint density at radius 1 is 0.919 bits per heavy atom. The lowest BCUT2D eigenvalue weighted by Gasteiger charge is -2.10. The van der Waals surface area contributed by atoms with E-state index in [0.29, 0.717) is 11.4 Å². The first-order valence-electron chi connectivity index (χ1n) is 11.2. The first kappa shape index (κ1) is 22.6. The van der Waals surface area contributed by atoms with Gasteiger partial charge in [-0.2, -0.15) is 0 Å². The number of nitrogens with zero attached hydrogens (tertiary/aromatic N) is 3. The average molecular weight is 511 g/mol. The largest absolute Gasteiger partial charge is 0.348 e. The van der Waals surface area contributed by atoms with Gasteiger partial charge in [-0.05, 0) is 48.5 Å². The van der Waals surface area contributed by atoms with Crippen LogP contribution in [-0.4, -0.2) is 40.2 Å². The number of imidazole rings is 1. The molecule has 3 N–H and O–H groups in total. The van der Waals surface area contributed by atoms with Crippen molar-refractivity contribution < 1.29 is 18.0 Å². The van der Waals surface area contributed by atoms with Crippen molar-refractivity contribution in [3.63, 3.8) is 0 Å². The summed E-state index contributed by atoms with van der Waals surface area (Å²) in [7, 11) is -3.94. The maximum Gasteiger partial charge on any atom is 0.257 e. The second-order valence-corrected chi connectivity index (χ2v) is 10.3. The van der Waals surface area contributed by atoms with E-state index in [4.69, 9.17) is 0 Å². The number of hydrogen-bond donors (Lipinski definition) is 3. The summed E-state index contributed by atoms with van der Waals surface area (Å²) in [4.78, 5) is 41.3. The monoisotopic (exact) mass is 510 g/mol. The van der Waals surface area contributed by atoms with Crippen molar-refractivity contribution in [3.8, 4) is 11.4 Å². The van der Waals surface area contributed by atoms with E-state index < -0.39 is 21.7 Å². The van der Waals surface area contributed by atoms with Gasteiger partial charge >= 0.3 is 0 Å². The van der Waals surface area contributed by atoms with E-state index in [1.165, 1.54) is 30.3 Å². The zero-order chi connectivity index (χ0) is 25.6. The Morgan fingerprint density at radius 3 is 2.57 bits per heavy atom. The third kappa shape index (κ3) is 4.00. The number of H-pyrrole nitrogens is 1. The molecule has 0 unspecified atom stereocenters. The van der Waals surface area contributed by atoms with E-state index in [1.807, 2.05) is 18.2 Å². The summed E-state index contributed by atoms with van der Waals surface area (Å²) < 4.78 is 26.2. The Labute approximate surface area is 210 Å². The van der Waals surface area contributed by atoms with Crippen molar-refractivity contribution in [2.24, 2.45) is 0 Å². The molecule has 37 heavy (non-hydrogen) atoms. The van der Waals surface area contributed by atoms with Gasteiger partial charge in [-0.25, -0.2) is 23.4 Å². The quantitative estimate of drug-likeness (QED) is 0.336. The van der Waals surface area contributed by atoms with Crippen molar-refractivity contribution in [3.05, 3.63) is 96.1 Å². The number of aromatic amines is 1. The van der Waals surface area contributed by atoms with Crippen LogP contribution in [0.3, 0.4) is 0 Å². The highest BCUT2D eigenvalue weighted by atomic mass is 32.2. The van der Waals surface area contributed by atoms with Gasteiger partial charge in [0.15, 0.2) is 5.82 Å². The molecule has 0 fully saturated rings. The Kier molecular flexibility index (Phi) is 5.27. The van der Waals surface area contributed by atoms with E-state index in [1.54, 1.807) is 30.9 Å². The fourth-order valence-corrected chi connectivity index (χ4v) is 5.75. The summed E-state index contributed by atoms with van der Waals surface area (Å²) in [5.74, 6) is -0.459. The normalized spacial score (nSPS) is 13.8. The standard InChI is InChI=1S/C26H18N6O4S/c33-25(29-13-15-11-27-24(28-12-15)16-5-7-19-20(9-16)31-14-30-19)17-6-8-23-21(10-17)32-26(34)18-3-1-2-4-22(18)37(23,35)36/h1-12,14H,13H2,(H,29,33)(H,30,31)(H,32,34). The van der Waals surface area contributed by atoms with Gasteiger partial charge in [0.25, 0.3) is 11.8 Å². The third-order valence-electron chi connectivity index (χ3n) is 6.04. The van der Waals surface area contributed by atoms with E-state index in [0.717, 1.165) is 16.6 Å². The Balaban J connectivity index is 1.19. The van der Waals surface area contributed by atoms with E-state index in [2.05, 4.69) is 30.6 Å². The Bertz CT molecular complexity index is 1810. The smallest absolute Gasteiger partial charge is 0.257 e. The highest BCUT2D eigenvalue weighted by Gasteiger charge is 2.31. The van der Waals surface area contributed by atoms with Crippen LogP contribution < -0.4 is 10.6 Å². The Morgan fingerprint density at radius 2 is 1.73 bits per heavy atom. The van der Waals surface area contributed by atoms with Gasteiger partial charge in [-0.3, -0.25) is 9.59 Å². The molecule has 0 aliphatic carbocycles. The molecule has 2 aromatic heterocycles. The molecule has 0 saturated heterocycles. The molecular weight excluding hydrogens is 492 g/mol. The fraction of sp³-hybridized carbons (Fsp3) is 0.0385. The lowest BCUT2D eigenvalue weighted by Crippen LogP contribution is -2.23. The van der Waals surface area contributed by atoms with Crippen LogP contribution in [0, 0.1) is 0 Å². The number of anilines is 1. The van der Waals surface area contributed by atoms with E-state index in [-0.39, 0.29) is 33.2 Å². The number of amides is 2. The summed E-state index contributed by atoms with van der Waals surface area (Å²) in [6.45, 7) is 0.159. The molecule has 6 rings (SSSR count). The molecule has 2 amide bonds. The van der Waals surface area contributed by atoms with Crippen LogP contribution in [-0.2, 0) is 16.4 Å². The van der Waals surface area contributed by atoms with Crippen LogP contribution in [0.5, 0.6) is 0 Å². The number of hydrogen-bond acceptors (Lipinski definition) is 7. The molecule has 1 aliphatic heterocycles. The second-order valence-electron chi connectivity index (χ2n) is 8.40. The molecule has 0 radical (unpaired) electrons. The first-order chi connectivity index (χ1) is 17.9. The summed E-state index contributed by atoms with van der Waals surface area (Å²) in [6.07, 6.45) is 4.87. The predicted octanol–water partition coefficient (Wildman–Crippen LogP) is 3.35. The maximum atomic E-state index is 13.1. The van der Waals surface area contributed by atoms with Crippen molar-refractivity contribution >= 4 is 38.4 Å². The zero-order valence-electron chi connectivity index (χ0n) is 19.1. The van der Waals surface area contributed by atoms with Gasteiger partial charge in [-0.1, -0.05) is 12.1 Å². The predicted molar refractivity (Wildman–Crippen MR) is 135 cm³/mol. The molecule has 182 valence electrons. The molecule has 11 heteroatoms. The van der Waals surface area contributed by atoms with Crippen LogP contribution in [0.4, 0.5) is 5.69 Å². The third-order valence-corrected chi connectivity index (χ3v) is 7.91. The average Bonchev–Trinajstić information content (AvgIpc) is 3.37. The van der Waals surface area contributed by atoms with Crippen LogP contribution >= 0.6 is 0 Å². The minimum absolute atomic E-state index is 0.0516. The molecule has 3 heterocycles. The van der Waals surface area contributed by atoms with E-state index >= 15 is 0 Å². The fourth-order valence-electron chi connectivity index (χ4n) is 4.15. The molecule has 1 aliphatic rings. The number of fused-ring (bicyclic) bond motifs is 3. The number of benzene rings is 3. The lowest BCUT2D eigenvalue weighted by atomic mass is 10.1. The maximum absolute atomic E-state index is 13.1. The van der Waals surface area contributed by atoms with Crippen molar-refractivity contribution in [2.75, 3.05) is 5.32 Å². The van der Waals surface area contributed by atoms with Gasteiger partial charge in [0.1, 0.15) is 0 Å². The molecule has 10 nitrogen and oxygen atoms in total. The summed E-state index contributed by atoms with van der Waals surface area (Å²) in [5, 5.41) is 5.38. The zero-order valence-corrected chi connectivity index (χ0v) is 19.9. The van der Waals surface area contributed by atoms with Gasteiger partial charge in [0, 0.05) is 35.6 Å². The number of sulfone groups is 1. The second kappa shape index (κ2) is 8.64. The van der Waals surface area contributed by atoms with Gasteiger partial charge < -0.3 is 15.6 Å². The topological polar surface area (TPSA) is 147 Å². The SMILES string of the molecule is O=C(NCc1cnc(-c2ccc3nc[nH]c3c2)nc1)c1ccc2c(c1)NC(=O)c1ccccc1S2(=O)=O. The highest BCUT2D eigenvalue weighted by Crippen LogP contribution is 2.34. The number of nitrogens with one attached hydrogen (secondary N) is 3. The van der Waals surface area contributed by atoms with Crippen LogP contribution in [0.25, 0.3) is 22.4 Å². The molecule has 0 saturated carbocycles. The number of carbonyl (C=O) groups is 2. The summed E-state index contributed by atoms with van der Waals surface area (Å²) in [5.41, 5.74) is 3.55. The van der Waals surface area contributed by atoms with Gasteiger partial charge in [0.05, 0.1) is 38.4 Å². The summed E-state index contributed by atoms with van der Waals surface area (Å²) >= 11 is 0. The van der Waals surface area contributed by atoms with Crippen LogP contribution in [0.1, 0.15) is 26.3 Å². The van der Waals surface area contributed by atoms with Crippen LogP contribution in [0.15, 0.2) is 89.2 Å². The minimum atomic E-state index is -3.94. The molecule has 3 aromatic carbocycles. The number of carbonyl (C=O) groups excluding carboxylic acids is 2. The van der Waals surface area contributed by atoms with Crippen molar-refractivity contribution in [2.45, 2.75) is 16.3 Å². The van der Waals surface area contributed by atoms with Gasteiger partial charge in [0.2, 0.25) is 9.84 Å². The van der Waals surface area contributed by atoms with Gasteiger partial charge in [-0.15, -0.1) is 0 Å². The lowest BCUT2D eigenvalue weighted by molar-refractivity contribution is 0.0949. The first-order valence-corrected chi connectivity index (χ1v) is 12.7. The van der Waals surface area contributed by atoms with Crippen LogP contribution in [0.2, 0.25) is 0 Å². The van der Waals surface area contributed by atoms with Crippen molar-refractivity contribution in [1.82, 2.24) is 25.3 Å². The van der Waals surface area contributed by atoms with E-state index in [9.17, 15) is 18.0 Å². The molecule has 0 bridgehead atoms. The number of aromatic nitrogens is 4. The molecule has 0 atom stereocenters. The molecular formula is C26H18N6O4S. The Hall–Kier alpha value is -4.90. The minimum Gasteiger partial charge on any atom is -0.348 e.